The molecule has 0 aliphatic carbocycles. The van der Waals surface area contributed by atoms with E-state index in [0.29, 0.717) is 56.0 Å². The summed E-state index contributed by atoms with van der Waals surface area (Å²) >= 11 is 3.35. The molecule has 3 aliphatic heterocycles. The van der Waals surface area contributed by atoms with Crippen LogP contribution in [0.2, 0.25) is 0 Å². The van der Waals surface area contributed by atoms with Crippen molar-refractivity contribution >= 4 is 51.6 Å². The van der Waals surface area contributed by atoms with Crippen LogP contribution < -0.4 is 20.1 Å². The number of phenolic OH excluding ortho intramolecular Hbond substituents is 1. The van der Waals surface area contributed by atoms with Crippen LogP contribution in [0.5, 0.6) is 17.2 Å². The van der Waals surface area contributed by atoms with Crippen molar-refractivity contribution in [1.29, 1.82) is 0 Å². The van der Waals surface area contributed by atoms with Gasteiger partial charge in [-0.15, -0.1) is 0 Å². The monoisotopic (exact) mass is 1480 g/mol. The largest absolute Gasteiger partial charge is 0.508 e. The standard InChI is InChI=1S/2C25H20F3NO4.C14H10BrF3.C11H11NO4.2CH4/c1-32-23(30)13-22-20-10-9-19(12-21(20)24(31)29-22)33-14-15-3-2-4-17(11-15)16-5-7-18(8-6-16)25(26,27)28;1-29-22(13-23(30)31)20-10-9-19(12-21(20)24(29)32)33-14-15-3-2-4-17(11-15)16-5-7-18(8-6-16)25(26,27)28;15-9-10-2-1-3-12(8-10)11-4-6-13(7-5-11)14(16,17)18;1-16-10(14)5-9-7-3-2-6(13)4-8(7)11(15)12-9;;/h2-12,22H,13-14H2,1H3,(H,29,31);2-12,22H,13-14H2,1H3,(H,30,31);1-8H,9H2;2-4,9,13H,5H2,1H3,(H,12,15);2*1H4. The smallest absolute Gasteiger partial charge is 0.416 e. The first-order valence-electron chi connectivity index (χ1n) is 30.5. The minimum absolute atomic E-state index is 0. The fraction of sp³-hybridized carbons (Fsp3) is 0.221. The van der Waals surface area contributed by atoms with E-state index in [1.807, 2.05) is 54.6 Å². The van der Waals surface area contributed by atoms with Crippen molar-refractivity contribution in [2.75, 3.05) is 21.3 Å². The number of carbonyl (C=O) groups is 6. The number of aromatic hydroxyl groups is 1. The lowest BCUT2D eigenvalue weighted by molar-refractivity contribution is -0.142. The molecule has 3 aliphatic rings. The molecule has 3 amide bonds. The predicted molar refractivity (Wildman–Crippen MR) is 367 cm³/mol. The highest BCUT2D eigenvalue weighted by Crippen LogP contribution is 2.39. The van der Waals surface area contributed by atoms with Crippen LogP contribution >= 0.6 is 15.9 Å². The van der Waals surface area contributed by atoms with Crippen molar-refractivity contribution in [3.8, 4) is 50.6 Å². The maximum atomic E-state index is 12.8. The second-order valence-electron chi connectivity index (χ2n) is 22.9. The number of benzene rings is 9. The second kappa shape index (κ2) is 33.9. The Morgan fingerprint density at radius 3 is 1.21 bits per heavy atom. The number of alkyl halides is 10. The predicted octanol–water partition coefficient (Wildman–Crippen LogP) is 18.1. The lowest BCUT2D eigenvalue weighted by atomic mass is 10.0. The molecular formula is C77H69BrF9N3O12. The van der Waals surface area contributed by atoms with Gasteiger partial charge in [-0.2, -0.15) is 39.5 Å². The van der Waals surface area contributed by atoms with E-state index in [1.165, 1.54) is 67.7 Å². The van der Waals surface area contributed by atoms with Crippen LogP contribution in [0.4, 0.5) is 39.5 Å². The first kappa shape index (κ1) is 78.4. The Labute approximate surface area is 590 Å². The molecule has 3 heterocycles. The molecule has 12 rings (SSSR count). The first-order chi connectivity index (χ1) is 47.5. The molecular weight excluding hydrogens is 1410 g/mol. The summed E-state index contributed by atoms with van der Waals surface area (Å²) in [4.78, 5) is 71.5. The number of nitrogens with zero attached hydrogens (tertiary/aromatic N) is 1. The average Bonchev–Trinajstić information content (AvgIpc) is 1.61. The van der Waals surface area contributed by atoms with Gasteiger partial charge in [-0.05, 0) is 152 Å². The maximum Gasteiger partial charge on any atom is 0.416 e. The normalized spacial score (nSPS) is 14.7. The van der Waals surface area contributed by atoms with Gasteiger partial charge in [0.15, 0.2) is 0 Å². The van der Waals surface area contributed by atoms with E-state index in [1.54, 1.807) is 67.7 Å². The number of fused-ring (bicyclic) bond motifs is 3. The SMILES string of the molecule is C.C.CN1C(=O)c2cc(OCc3cccc(-c4ccc(C(F)(F)F)cc4)c3)ccc2C1CC(=O)O.COC(=O)CC1NC(=O)c2cc(O)ccc21.COC(=O)CC1NC(=O)c2cc(OCc3cccc(-c4ccc(C(F)(F)F)cc4)c3)ccc21.FC(F)(F)c1ccc(-c2cccc(CBr)c2)cc1. The number of aliphatic carboxylic acids is 1. The number of methoxy groups -OCH3 is 2. The van der Waals surface area contributed by atoms with Crippen LogP contribution in [0.3, 0.4) is 0 Å². The summed E-state index contributed by atoms with van der Waals surface area (Å²) in [6, 6.07) is 50.7. The lowest BCUT2D eigenvalue weighted by Gasteiger charge is -2.18. The van der Waals surface area contributed by atoms with E-state index in [0.717, 1.165) is 80.7 Å². The van der Waals surface area contributed by atoms with E-state index in [-0.39, 0.29) is 82.8 Å². The summed E-state index contributed by atoms with van der Waals surface area (Å²) < 4.78 is 135. The van der Waals surface area contributed by atoms with Gasteiger partial charge in [0.25, 0.3) is 17.7 Å². The Hall–Kier alpha value is -11.0. The minimum Gasteiger partial charge on any atom is -0.508 e. The molecule has 0 spiro atoms. The fourth-order valence-electron chi connectivity index (χ4n) is 11.1. The van der Waals surface area contributed by atoms with Crippen LogP contribution in [-0.2, 0) is 60.9 Å². The van der Waals surface area contributed by atoms with Gasteiger partial charge in [0, 0.05) is 29.1 Å². The molecule has 3 unspecified atom stereocenters. The number of amides is 3. The number of hydrogen-bond donors (Lipinski definition) is 4. The van der Waals surface area contributed by atoms with Crippen LogP contribution in [0.15, 0.2) is 200 Å². The maximum absolute atomic E-state index is 12.8. The Morgan fingerprint density at radius 1 is 0.461 bits per heavy atom. The Morgan fingerprint density at radius 2 is 0.824 bits per heavy atom. The summed E-state index contributed by atoms with van der Waals surface area (Å²) in [5.74, 6) is -1.62. The van der Waals surface area contributed by atoms with Gasteiger partial charge in [-0.25, -0.2) is 0 Å². The van der Waals surface area contributed by atoms with Gasteiger partial charge in [-0.1, -0.05) is 146 Å². The molecule has 9 aromatic carbocycles. The number of hydrogen-bond acceptors (Lipinski definition) is 11. The number of carbonyl (C=O) groups excluding carboxylic acids is 5. The highest BCUT2D eigenvalue weighted by Gasteiger charge is 2.37. The van der Waals surface area contributed by atoms with Crippen LogP contribution in [-0.4, -0.2) is 72.0 Å². The van der Waals surface area contributed by atoms with E-state index in [2.05, 4.69) is 36.0 Å². The number of halogens is 10. The van der Waals surface area contributed by atoms with E-state index in [9.17, 15) is 73.4 Å². The van der Waals surface area contributed by atoms with Gasteiger partial charge in [0.1, 0.15) is 30.5 Å². The summed E-state index contributed by atoms with van der Waals surface area (Å²) in [7, 11) is 4.17. The molecule has 0 saturated heterocycles. The fourth-order valence-corrected chi connectivity index (χ4v) is 11.4. The van der Waals surface area contributed by atoms with Crippen molar-refractivity contribution in [2.45, 2.75) is 89.3 Å². The third kappa shape index (κ3) is 19.9. The third-order valence-electron chi connectivity index (χ3n) is 16.3. The Kier molecular flexibility index (Phi) is 26.1. The zero-order valence-electron chi connectivity index (χ0n) is 53.2. The number of ether oxygens (including phenoxy) is 4. The first-order valence-corrected chi connectivity index (χ1v) is 31.6. The molecule has 0 aromatic heterocycles. The number of phenols is 1. The van der Waals surface area contributed by atoms with Gasteiger partial charge in [0.05, 0.1) is 68.3 Å². The third-order valence-corrected chi connectivity index (χ3v) is 16.9. The van der Waals surface area contributed by atoms with Crippen molar-refractivity contribution in [2.24, 2.45) is 0 Å². The summed E-state index contributed by atoms with van der Waals surface area (Å²) in [5, 5.41) is 24.5. The van der Waals surface area contributed by atoms with Gasteiger partial charge in [-0.3, -0.25) is 28.8 Å². The molecule has 0 fully saturated rings. The molecule has 15 nitrogen and oxygen atoms in total. The zero-order chi connectivity index (χ0) is 72.2. The average molecular weight is 1480 g/mol. The van der Waals surface area contributed by atoms with Gasteiger partial charge < -0.3 is 44.7 Å². The van der Waals surface area contributed by atoms with Gasteiger partial charge in [0.2, 0.25) is 0 Å². The number of rotatable bonds is 16. The molecule has 25 heteroatoms. The molecule has 0 bridgehead atoms. The van der Waals surface area contributed by atoms with Crippen molar-refractivity contribution in [3.05, 3.63) is 267 Å². The Balaban J connectivity index is 0.000000198. The van der Waals surface area contributed by atoms with Crippen LogP contribution in [0.1, 0.15) is 133 Å². The highest BCUT2D eigenvalue weighted by molar-refractivity contribution is 9.08. The minimum atomic E-state index is -4.38. The lowest BCUT2D eigenvalue weighted by Crippen LogP contribution is -2.24. The van der Waals surface area contributed by atoms with Gasteiger partial charge >= 0.3 is 36.4 Å². The Bertz CT molecular complexity index is 4470. The molecule has 4 N–H and O–H groups in total. The molecule has 102 heavy (non-hydrogen) atoms. The summed E-state index contributed by atoms with van der Waals surface area (Å²) in [6.45, 7) is 0.399. The van der Waals surface area contributed by atoms with Crippen LogP contribution in [0.25, 0.3) is 33.4 Å². The van der Waals surface area contributed by atoms with Crippen molar-refractivity contribution in [3.63, 3.8) is 0 Å². The number of nitrogens with one attached hydrogen (secondary N) is 2. The molecule has 3 atom stereocenters. The van der Waals surface area contributed by atoms with E-state index in [4.69, 9.17) is 14.6 Å². The molecule has 0 radical (unpaired) electrons. The van der Waals surface area contributed by atoms with Crippen LogP contribution in [0, 0.1) is 0 Å². The quantitative estimate of drug-likeness (QED) is 0.0405. The highest BCUT2D eigenvalue weighted by atomic mass is 79.9. The van der Waals surface area contributed by atoms with E-state index < -0.39 is 59.2 Å². The summed E-state index contributed by atoms with van der Waals surface area (Å²) in [6.07, 6.45) is -13.1. The van der Waals surface area contributed by atoms with Crippen molar-refractivity contribution in [1.82, 2.24) is 15.5 Å². The van der Waals surface area contributed by atoms with E-state index >= 15 is 0 Å². The summed E-state index contributed by atoms with van der Waals surface area (Å²) in [5.41, 5.74) is 8.59. The molecule has 9 aromatic rings. The van der Waals surface area contributed by atoms with Crippen molar-refractivity contribution < 1.29 is 97.4 Å². The number of esters is 2. The molecule has 534 valence electrons. The zero-order valence-corrected chi connectivity index (χ0v) is 54.8. The number of carboxylic acid groups (broad SMARTS) is 1. The molecule has 0 saturated carbocycles. The number of carboxylic acids is 1. The second-order valence-corrected chi connectivity index (χ2v) is 23.5. The topological polar surface area (TPSA) is 207 Å².